The van der Waals surface area contributed by atoms with Gasteiger partial charge in [0.25, 0.3) is 0 Å². The molecule has 2 N–H and O–H groups in total. The molecule has 58 valence electrons. The maximum atomic E-state index is 9.03. The second kappa shape index (κ2) is 3.61. The largest absolute Gasteiger partial charge is 0.508 e. The highest BCUT2D eigenvalue weighted by atomic mass is 16.3. The molecule has 0 heterocycles. The molecule has 0 atom stereocenters. The third-order valence-corrected chi connectivity index (χ3v) is 1.21. The van der Waals surface area contributed by atoms with Crippen LogP contribution in [0.2, 0.25) is 0 Å². The first-order chi connectivity index (χ1) is 5.33. The highest BCUT2D eigenvalue weighted by Gasteiger charge is 1.88. The molecular weight excluding hydrogens is 140 g/mol. The third kappa shape index (κ3) is 2.29. The number of phenols is 1. The van der Waals surface area contributed by atoms with Gasteiger partial charge < -0.3 is 10.5 Å². The van der Waals surface area contributed by atoms with Gasteiger partial charge in [0.15, 0.2) is 0 Å². The van der Waals surface area contributed by atoms with Gasteiger partial charge in [-0.15, -0.1) is 0 Å². The van der Waals surface area contributed by atoms with Crippen LogP contribution in [0.15, 0.2) is 29.4 Å². The zero-order chi connectivity index (χ0) is 8.10. The van der Waals surface area contributed by atoms with Gasteiger partial charge in [-0.3, -0.25) is 0 Å². The lowest BCUT2D eigenvalue weighted by Crippen LogP contribution is -1.94. The van der Waals surface area contributed by atoms with Crippen LogP contribution < -0.4 is 5.43 Å². The van der Waals surface area contributed by atoms with E-state index in [1.54, 1.807) is 31.5 Å². The fraction of sp³-hybridized carbons (Fsp3) is 0.125. The summed E-state index contributed by atoms with van der Waals surface area (Å²) in [6.07, 6.45) is 1.64. The Hall–Kier alpha value is -1.51. The number of nitrogens with one attached hydrogen (secondary N) is 1. The molecule has 3 nitrogen and oxygen atoms in total. The fourth-order valence-electron chi connectivity index (χ4n) is 0.744. The lowest BCUT2D eigenvalue weighted by atomic mass is 10.2. The molecule has 0 fully saturated rings. The molecule has 3 heteroatoms. The Morgan fingerprint density at radius 2 is 2.36 bits per heavy atom. The number of rotatable bonds is 2. The number of hydrazone groups is 1. The number of hydrogen-bond acceptors (Lipinski definition) is 3. The SMILES string of the molecule is CNN=Cc1cccc(O)c1. The summed E-state index contributed by atoms with van der Waals surface area (Å²) in [7, 11) is 1.72. The molecule has 0 spiro atoms. The van der Waals surface area contributed by atoms with Gasteiger partial charge in [-0.1, -0.05) is 12.1 Å². The first kappa shape index (κ1) is 7.60. The molecule has 1 aromatic rings. The highest BCUT2D eigenvalue weighted by molar-refractivity contribution is 5.79. The Kier molecular flexibility index (Phi) is 2.49. The van der Waals surface area contributed by atoms with Gasteiger partial charge in [0, 0.05) is 7.05 Å². The minimum atomic E-state index is 0.255. The van der Waals surface area contributed by atoms with E-state index in [0.717, 1.165) is 5.56 Å². The van der Waals surface area contributed by atoms with Gasteiger partial charge in [0.05, 0.1) is 6.21 Å². The molecule has 11 heavy (non-hydrogen) atoms. The van der Waals surface area contributed by atoms with Crippen molar-refractivity contribution < 1.29 is 5.11 Å². The summed E-state index contributed by atoms with van der Waals surface area (Å²) < 4.78 is 0. The van der Waals surface area contributed by atoms with Crippen LogP contribution >= 0.6 is 0 Å². The van der Waals surface area contributed by atoms with E-state index in [4.69, 9.17) is 5.11 Å². The van der Waals surface area contributed by atoms with Crippen molar-refractivity contribution in [2.75, 3.05) is 7.05 Å². The summed E-state index contributed by atoms with van der Waals surface area (Å²) >= 11 is 0. The van der Waals surface area contributed by atoms with E-state index in [1.165, 1.54) is 0 Å². The molecule has 0 aliphatic carbocycles. The Balaban J connectivity index is 2.79. The van der Waals surface area contributed by atoms with E-state index in [0.29, 0.717) is 0 Å². The minimum absolute atomic E-state index is 0.255. The first-order valence-electron chi connectivity index (χ1n) is 3.32. The van der Waals surface area contributed by atoms with Crippen LogP contribution in [0.4, 0.5) is 0 Å². The summed E-state index contributed by atoms with van der Waals surface area (Å²) in [6.45, 7) is 0. The average molecular weight is 150 g/mol. The molecule has 0 aromatic heterocycles. The third-order valence-electron chi connectivity index (χ3n) is 1.21. The van der Waals surface area contributed by atoms with Gasteiger partial charge >= 0.3 is 0 Å². The zero-order valence-corrected chi connectivity index (χ0v) is 6.28. The van der Waals surface area contributed by atoms with E-state index in [9.17, 15) is 0 Å². The van der Waals surface area contributed by atoms with Crippen LogP contribution in [-0.4, -0.2) is 18.4 Å². The second-order valence-corrected chi connectivity index (χ2v) is 2.08. The zero-order valence-electron chi connectivity index (χ0n) is 6.28. The topological polar surface area (TPSA) is 44.6 Å². The second-order valence-electron chi connectivity index (χ2n) is 2.08. The van der Waals surface area contributed by atoms with Gasteiger partial charge in [0.2, 0.25) is 0 Å². The van der Waals surface area contributed by atoms with Crippen LogP contribution in [0.3, 0.4) is 0 Å². The monoisotopic (exact) mass is 150 g/mol. The number of benzene rings is 1. The molecule has 0 saturated heterocycles. The van der Waals surface area contributed by atoms with E-state index < -0.39 is 0 Å². The van der Waals surface area contributed by atoms with Gasteiger partial charge in [-0.2, -0.15) is 5.10 Å². The molecule has 0 bridgehead atoms. The summed E-state index contributed by atoms with van der Waals surface area (Å²) in [5, 5.41) is 12.8. The number of hydrogen-bond donors (Lipinski definition) is 2. The standard InChI is InChI=1S/C8H10N2O/c1-9-10-6-7-3-2-4-8(11)5-7/h2-6,9,11H,1H3. The van der Waals surface area contributed by atoms with Crippen molar-refractivity contribution in [3.05, 3.63) is 29.8 Å². The molecule has 0 unspecified atom stereocenters. The van der Waals surface area contributed by atoms with Crippen molar-refractivity contribution in [1.82, 2.24) is 5.43 Å². The summed E-state index contributed by atoms with van der Waals surface area (Å²) in [6, 6.07) is 6.89. The Labute approximate surface area is 65.4 Å². The van der Waals surface area contributed by atoms with Crippen molar-refractivity contribution >= 4 is 6.21 Å². The van der Waals surface area contributed by atoms with Gasteiger partial charge in [-0.25, -0.2) is 0 Å². The van der Waals surface area contributed by atoms with Crippen LogP contribution in [0.1, 0.15) is 5.56 Å². The maximum Gasteiger partial charge on any atom is 0.116 e. The summed E-state index contributed by atoms with van der Waals surface area (Å²) in [5.74, 6) is 0.255. The van der Waals surface area contributed by atoms with Crippen LogP contribution in [0.25, 0.3) is 0 Å². The number of aromatic hydroxyl groups is 1. The van der Waals surface area contributed by atoms with Gasteiger partial charge in [-0.05, 0) is 17.7 Å². The number of nitrogens with zero attached hydrogens (tertiary/aromatic N) is 1. The first-order valence-corrected chi connectivity index (χ1v) is 3.32. The lowest BCUT2D eigenvalue weighted by molar-refractivity contribution is 0.475. The fourth-order valence-corrected chi connectivity index (χ4v) is 0.744. The molecule has 0 aliphatic heterocycles. The normalized spacial score (nSPS) is 10.3. The predicted octanol–water partition coefficient (Wildman–Crippen LogP) is 0.946. The number of phenolic OH excluding ortho intramolecular Hbond substituents is 1. The van der Waals surface area contributed by atoms with Crippen molar-refractivity contribution in [3.63, 3.8) is 0 Å². The van der Waals surface area contributed by atoms with E-state index in [-0.39, 0.29) is 5.75 Å². The summed E-state index contributed by atoms with van der Waals surface area (Å²) in [5.41, 5.74) is 3.50. The Morgan fingerprint density at radius 3 is 3.00 bits per heavy atom. The molecule has 0 radical (unpaired) electrons. The van der Waals surface area contributed by atoms with Gasteiger partial charge in [0.1, 0.15) is 5.75 Å². The molecule has 1 aromatic carbocycles. The lowest BCUT2D eigenvalue weighted by Gasteiger charge is -1.93. The molecular formula is C8H10N2O. The average Bonchev–Trinajstić information content (AvgIpc) is 2.01. The quantitative estimate of drug-likeness (QED) is 0.487. The highest BCUT2D eigenvalue weighted by Crippen LogP contribution is 2.08. The predicted molar refractivity (Wildman–Crippen MR) is 44.8 cm³/mol. The van der Waals surface area contributed by atoms with Crippen molar-refractivity contribution in [2.45, 2.75) is 0 Å². The van der Waals surface area contributed by atoms with Crippen molar-refractivity contribution in [2.24, 2.45) is 5.10 Å². The van der Waals surface area contributed by atoms with E-state index in [2.05, 4.69) is 10.5 Å². The molecule has 1 rings (SSSR count). The van der Waals surface area contributed by atoms with Crippen molar-refractivity contribution in [3.8, 4) is 5.75 Å². The minimum Gasteiger partial charge on any atom is -0.508 e. The molecule has 0 saturated carbocycles. The van der Waals surface area contributed by atoms with Crippen molar-refractivity contribution in [1.29, 1.82) is 0 Å². The van der Waals surface area contributed by atoms with E-state index in [1.807, 2.05) is 6.07 Å². The van der Waals surface area contributed by atoms with Crippen LogP contribution in [0, 0.1) is 0 Å². The molecule has 0 amide bonds. The maximum absolute atomic E-state index is 9.03. The molecule has 0 aliphatic rings. The summed E-state index contributed by atoms with van der Waals surface area (Å²) in [4.78, 5) is 0. The smallest absolute Gasteiger partial charge is 0.116 e. The Bertz CT molecular complexity index is 258. The van der Waals surface area contributed by atoms with Crippen LogP contribution in [-0.2, 0) is 0 Å². The Morgan fingerprint density at radius 1 is 1.55 bits per heavy atom. The van der Waals surface area contributed by atoms with E-state index >= 15 is 0 Å². The van der Waals surface area contributed by atoms with Crippen LogP contribution in [0.5, 0.6) is 5.75 Å².